The minimum Gasteiger partial charge on any atom is -0.743 e. The Morgan fingerprint density at radius 3 is 1.82 bits per heavy atom. The summed E-state index contributed by atoms with van der Waals surface area (Å²) >= 11 is 0. The van der Waals surface area contributed by atoms with Gasteiger partial charge in [0, 0.05) is 5.57 Å². The number of hydrogen-bond donors (Lipinski definition) is 1. The van der Waals surface area contributed by atoms with Gasteiger partial charge in [-0.3, -0.25) is 0 Å². The molecule has 214 valence electrons. The van der Waals surface area contributed by atoms with Gasteiger partial charge in [-0.05, 0) is 50.2 Å². The third kappa shape index (κ3) is 10.4. The van der Waals surface area contributed by atoms with Crippen LogP contribution in [0.5, 0.6) is 0 Å². The van der Waals surface area contributed by atoms with Crippen molar-refractivity contribution in [3.05, 3.63) is 103 Å². The lowest BCUT2D eigenvalue weighted by Crippen LogP contribution is -2.37. The molecule has 0 saturated heterocycles. The predicted octanol–water partition coefficient (Wildman–Crippen LogP) is 5.06. The van der Waals surface area contributed by atoms with Crippen molar-refractivity contribution in [1.29, 1.82) is 0 Å². The van der Waals surface area contributed by atoms with Crippen molar-refractivity contribution in [2.75, 3.05) is 19.8 Å². The Morgan fingerprint density at radius 1 is 0.900 bits per heavy atom. The van der Waals surface area contributed by atoms with E-state index in [0.29, 0.717) is 0 Å². The molecule has 0 aromatic heterocycles. The Kier molecular flexibility index (Phi) is 12.3. The van der Waals surface area contributed by atoms with E-state index in [2.05, 4.69) is 108 Å². The van der Waals surface area contributed by atoms with Crippen LogP contribution in [0.1, 0.15) is 12.5 Å². The van der Waals surface area contributed by atoms with Crippen LogP contribution in [-0.4, -0.2) is 50.0 Å². The minimum atomic E-state index is -5.91. The lowest BCUT2D eigenvalue weighted by atomic mass is 10.2. The molecule has 0 atom stereocenters. The maximum atomic E-state index is 12.6. The third-order valence-corrected chi connectivity index (χ3v) is 7.98. The number of benzene rings is 3. The van der Waals surface area contributed by atoms with E-state index in [1.54, 1.807) is 0 Å². The number of esters is 1. The number of amides is 1. The van der Waals surface area contributed by atoms with Crippen LogP contribution < -0.4 is 5.32 Å². The zero-order chi connectivity index (χ0) is 29.8. The van der Waals surface area contributed by atoms with Gasteiger partial charge < -0.3 is 19.3 Å². The van der Waals surface area contributed by atoms with Crippen molar-refractivity contribution in [2.45, 2.75) is 33.8 Å². The first kappa shape index (κ1) is 32.5. The minimum absolute atomic E-state index is 0.0229. The molecule has 0 aliphatic rings. The van der Waals surface area contributed by atoms with Gasteiger partial charge in [0.2, 0.25) is 0 Å². The van der Waals surface area contributed by atoms with Gasteiger partial charge in [0.15, 0.2) is 31.4 Å². The first-order valence-corrected chi connectivity index (χ1v) is 14.4. The molecule has 40 heavy (non-hydrogen) atoms. The number of alkyl halides is 2. The number of rotatable bonds is 10. The van der Waals surface area contributed by atoms with Crippen molar-refractivity contribution in [1.82, 2.24) is 5.32 Å². The fourth-order valence-corrected chi connectivity index (χ4v) is 5.18. The second-order valence-electron chi connectivity index (χ2n) is 8.26. The summed E-state index contributed by atoms with van der Waals surface area (Å²) in [6.07, 6.45) is -1.39. The van der Waals surface area contributed by atoms with Crippen molar-refractivity contribution < 1.29 is 40.8 Å². The molecule has 3 aromatic carbocycles. The predicted molar refractivity (Wildman–Crippen MR) is 146 cm³/mol. The Labute approximate surface area is 235 Å². The normalized spacial score (nSPS) is 11.2. The first-order valence-electron chi connectivity index (χ1n) is 11.8. The van der Waals surface area contributed by atoms with E-state index in [0.717, 1.165) is 0 Å². The molecule has 0 heterocycles. The topological polar surface area (TPSA) is 122 Å². The van der Waals surface area contributed by atoms with Gasteiger partial charge in [-0.25, -0.2) is 18.0 Å². The maximum Gasteiger partial charge on any atom is 0.407 e. The molecule has 12 heteroatoms. The monoisotopic (exact) mass is 593 g/mol. The van der Waals surface area contributed by atoms with E-state index in [-0.39, 0.29) is 29.6 Å². The van der Waals surface area contributed by atoms with Crippen molar-refractivity contribution >= 4 is 33.1 Å². The Balaban J connectivity index is 0.000000280. The lowest BCUT2D eigenvalue weighted by molar-refractivity contribution is -0.138. The Morgan fingerprint density at radius 2 is 1.38 bits per heavy atom. The second kappa shape index (κ2) is 15.2. The molecule has 0 aliphatic carbocycles. The summed E-state index contributed by atoms with van der Waals surface area (Å²) in [5.41, 5.74) is 1.44. The molecular formula is C28H29F2NO7S2. The Bertz CT molecular complexity index is 1330. The molecule has 8 nitrogen and oxygen atoms in total. The van der Waals surface area contributed by atoms with Gasteiger partial charge in [-0.15, -0.1) is 0 Å². The number of carbonyl (C=O) groups is 2. The SMILES string of the molecule is C=C(C)C(=O)OCCNC(=O)OCC(F)(F)S(=O)(=O)[O-].Cc1ccc([S+](c2ccccc2)c2ccccc2)cc1. The molecular weight excluding hydrogens is 564 g/mol. The maximum absolute atomic E-state index is 12.6. The van der Waals surface area contributed by atoms with Gasteiger partial charge in [0.05, 0.1) is 17.4 Å². The molecule has 1 amide bonds. The molecule has 0 spiro atoms. The van der Waals surface area contributed by atoms with E-state index in [1.807, 2.05) is 5.32 Å². The summed E-state index contributed by atoms with van der Waals surface area (Å²) in [6, 6.07) is 30.4. The van der Waals surface area contributed by atoms with Gasteiger partial charge in [-0.2, -0.15) is 8.78 Å². The highest BCUT2D eigenvalue weighted by Gasteiger charge is 2.39. The number of halogens is 2. The fraction of sp³-hybridized carbons (Fsp3) is 0.214. The molecule has 0 fully saturated rings. The summed E-state index contributed by atoms with van der Waals surface area (Å²) in [5.74, 6) is -0.704. The number of carbonyl (C=O) groups excluding carboxylic acids is 2. The zero-order valence-electron chi connectivity index (χ0n) is 21.8. The van der Waals surface area contributed by atoms with Crippen molar-refractivity contribution in [3.63, 3.8) is 0 Å². The van der Waals surface area contributed by atoms with Crippen LogP contribution in [0.2, 0.25) is 0 Å². The highest BCUT2D eigenvalue weighted by molar-refractivity contribution is 7.97. The molecule has 0 radical (unpaired) electrons. The van der Waals surface area contributed by atoms with Crippen LogP contribution in [0.4, 0.5) is 13.6 Å². The van der Waals surface area contributed by atoms with Crippen LogP contribution >= 0.6 is 0 Å². The van der Waals surface area contributed by atoms with E-state index in [1.165, 1.54) is 27.2 Å². The molecule has 1 N–H and O–H groups in total. The summed E-state index contributed by atoms with van der Waals surface area (Å²) in [4.78, 5) is 25.9. The van der Waals surface area contributed by atoms with Gasteiger partial charge >= 0.3 is 17.3 Å². The standard InChI is InChI=1S/C19H17S.C9H13F2NO7S/c1-16-12-14-19(15-13-16)20(17-8-4-2-5-9-17)18-10-6-3-7-11-18;1-6(2)7(13)18-4-3-12-8(14)19-5-9(10,11)20(15,16)17/h2-15H,1H3;1,3-5H2,2H3,(H,12,14)(H,15,16,17)/q+1;/p-1. The summed E-state index contributed by atoms with van der Waals surface area (Å²) in [7, 11) is -5.93. The molecule has 0 bridgehead atoms. The van der Waals surface area contributed by atoms with E-state index >= 15 is 0 Å². The number of alkyl carbamates (subject to hydrolysis) is 1. The molecule has 0 aliphatic heterocycles. The fourth-order valence-electron chi connectivity index (χ4n) is 2.89. The number of hydrogen-bond acceptors (Lipinski definition) is 7. The number of nitrogens with one attached hydrogen (secondary N) is 1. The smallest absolute Gasteiger partial charge is 0.407 e. The average Bonchev–Trinajstić information content (AvgIpc) is 2.92. The second-order valence-corrected chi connectivity index (χ2v) is 11.8. The highest BCUT2D eigenvalue weighted by Crippen LogP contribution is 2.30. The number of aryl methyl sites for hydroxylation is 1. The zero-order valence-corrected chi connectivity index (χ0v) is 23.5. The molecule has 0 saturated carbocycles. The van der Waals surface area contributed by atoms with E-state index in [4.69, 9.17) is 0 Å². The molecule has 3 rings (SSSR count). The van der Waals surface area contributed by atoms with E-state index < -0.39 is 34.0 Å². The van der Waals surface area contributed by atoms with Crippen LogP contribution in [0.25, 0.3) is 0 Å². The average molecular weight is 594 g/mol. The quantitative estimate of drug-likeness (QED) is 0.115. The largest absolute Gasteiger partial charge is 0.743 e. The number of ether oxygens (including phenoxy) is 2. The highest BCUT2D eigenvalue weighted by atomic mass is 32.2. The van der Waals surface area contributed by atoms with Crippen LogP contribution in [0, 0.1) is 6.92 Å². The van der Waals surface area contributed by atoms with E-state index in [9.17, 15) is 31.3 Å². The van der Waals surface area contributed by atoms with Crippen molar-refractivity contribution in [3.8, 4) is 0 Å². The van der Waals surface area contributed by atoms with Crippen molar-refractivity contribution in [2.24, 2.45) is 0 Å². The van der Waals surface area contributed by atoms with Crippen LogP contribution in [0.3, 0.4) is 0 Å². The molecule has 0 unspecified atom stereocenters. The van der Waals surface area contributed by atoms with Gasteiger partial charge in [0.25, 0.3) is 0 Å². The lowest BCUT2D eigenvalue weighted by Gasteiger charge is -2.19. The van der Waals surface area contributed by atoms with Gasteiger partial charge in [0.1, 0.15) is 6.61 Å². The first-order chi connectivity index (χ1) is 18.8. The summed E-state index contributed by atoms with van der Waals surface area (Å²) in [5, 5.41) is -2.81. The van der Waals surface area contributed by atoms with Gasteiger partial charge in [-0.1, -0.05) is 60.7 Å². The van der Waals surface area contributed by atoms with Crippen LogP contribution in [-0.2, 0) is 35.3 Å². The summed E-state index contributed by atoms with van der Waals surface area (Å²) in [6.45, 7) is 4.39. The molecule has 3 aromatic rings. The Hall–Kier alpha value is -3.74. The summed E-state index contributed by atoms with van der Waals surface area (Å²) < 4.78 is 63.8. The third-order valence-electron chi connectivity index (χ3n) is 4.90. The van der Waals surface area contributed by atoms with Crippen LogP contribution in [0.15, 0.2) is 112 Å².